The van der Waals surface area contributed by atoms with Gasteiger partial charge >= 0.3 is 0 Å². The molecule has 4 heteroatoms. The van der Waals surface area contributed by atoms with E-state index in [9.17, 15) is 0 Å². The highest BCUT2D eigenvalue weighted by Gasteiger charge is 2.15. The Hall–Kier alpha value is -0.870. The van der Waals surface area contributed by atoms with Crippen LogP contribution >= 0.6 is 0 Å². The second kappa shape index (κ2) is 6.66. The summed E-state index contributed by atoms with van der Waals surface area (Å²) in [5.74, 6) is 0.905. The summed E-state index contributed by atoms with van der Waals surface area (Å²) in [6, 6.07) is 0.285. The van der Waals surface area contributed by atoms with Crippen LogP contribution in [0.3, 0.4) is 0 Å². The van der Waals surface area contributed by atoms with Crippen LogP contribution in [0, 0.1) is 13.8 Å². The molecule has 1 aromatic heterocycles. The van der Waals surface area contributed by atoms with Crippen LogP contribution in [0.25, 0.3) is 0 Å². The van der Waals surface area contributed by atoms with Crippen LogP contribution in [-0.4, -0.2) is 24.9 Å². The molecule has 1 unspecified atom stereocenters. The molecule has 16 heavy (non-hydrogen) atoms. The van der Waals surface area contributed by atoms with Crippen molar-refractivity contribution in [2.75, 3.05) is 19.8 Å². The molecule has 0 radical (unpaired) electrons. The quantitative estimate of drug-likeness (QED) is 0.725. The van der Waals surface area contributed by atoms with Gasteiger partial charge in [0.25, 0.3) is 0 Å². The first-order valence-corrected chi connectivity index (χ1v) is 5.90. The summed E-state index contributed by atoms with van der Waals surface area (Å²) in [6.07, 6.45) is 1.03. The summed E-state index contributed by atoms with van der Waals surface area (Å²) in [5.41, 5.74) is 2.15. The van der Waals surface area contributed by atoms with E-state index in [-0.39, 0.29) is 6.04 Å². The Morgan fingerprint density at radius 3 is 2.75 bits per heavy atom. The number of hydrogen-bond acceptors (Lipinski definition) is 4. The van der Waals surface area contributed by atoms with Crippen molar-refractivity contribution in [3.63, 3.8) is 0 Å². The normalized spacial score (nSPS) is 13.0. The molecule has 1 heterocycles. The predicted molar refractivity (Wildman–Crippen MR) is 63.5 cm³/mol. The fraction of sp³-hybridized carbons (Fsp3) is 0.750. The molecule has 0 spiro atoms. The van der Waals surface area contributed by atoms with Gasteiger partial charge in [0, 0.05) is 24.8 Å². The van der Waals surface area contributed by atoms with E-state index in [1.165, 1.54) is 5.56 Å². The summed E-state index contributed by atoms with van der Waals surface area (Å²) in [7, 11) is 0. The van der Waals surface area contributed by atoms with Crippen LogP contribution < -0.4 is 5.32 Å². The summed E-state index contributed by atoms with van der Waals surface area (Å²) < 4.78 is 10.4. The standard InChI is InChI=1S/C12H22N2O2/c1-5-15-8-6-7-13-9(2)12-10(3)14-16-11(12)4/h9,13H,5-8H2,1-4H3. The Bertz CT molecular complexity index is 290. The Labute approximate surface area is 97.3 Å². The molecule has 0 aliphatic rings. The molecule has 1 rings (SSSR count). The van der Waals surface area contributed by atoms with Crippen molar-refractivity contribution in [1.29, 1.82) is 0 Å². The minimum absolute atomic E-state index is 0.285. The van der Waals surface area contributed by atoms with E-state index in [0.717, 1.165) is 37.6 Å². The maximum Gasteiger partial charge on any atom is 0.138 e. The van der Waals surface area contributed by atoms with Crippen molar-refractivity contribution < 1.29 is 9.26 Å². The third-order valence-corrected chi connectivity index (χ3v) is 2.64. The Kier molecular flexibility index (Phi) is 5.49. The summed E-state index contributed by atoms with van der Waals surface area (Å²) in [4.78, 5) is 0. The maximum atomic E-state index is 5.28. The summed E-state index contributed by atoms with van der Waals surface area (Å²) in [5, 5.41) is 7.40. The fourth-order valence-electron chi connectivity index (χ4n) is 1.85. The lowest BCUT2D eigenvalue weighted by atomic mass is 10.1. The Morgan fingerprint density at radius 2 is 2.19 bits per heavy atom. The molecule has 0 bridgehead atoms. The van der Waals surface area contributed by atoms with Crippen LogP contribution in [0.15, 0.2) is 4.52 Å². The number of nitrogens with one attached hydrogen (secondary N) is 1. The van der Waals surface area contributed by atoms with Crippen molar-refractivity contribution in [2.45, 2.75) is 40.2 Å². The molecule has 92 valence electrons. The molecule has 4 nitrogen and oxygen atoms in total. The molecule has 0 aliphatic carbocycles. The van der Waals surface area contributed by atoms with Crippen molar-refractivity contribution in [2.24, 2.45) is 0 Å². The second-order valence-corrected chi connectivity index (χ2v) is 3.96. The van der Waals surface area contributed by atoms with E-state index in [2.05, 4.69) is 17.4 Å². The molecule has 0 aromatic carbocycles. The third-order valence-electron chi connectivity index (χ3n) is 2.64. The number of aryl methyl sites for hydroxylation is 2. The predicted octanol–water partition coefficient (Wildman–Crippen LogP) is 2.37. The molecule has 0 saturated carbocycles. The highest BCUT2D eigenvalue weighted by molar-refractivity contribution is 5.24. The average Bonchev–Trinajstić information content (AvgIpc) is 2.58. The first kappa shape index (κ1) is 13.2. The highest BCUT2D eigenvalue weighted by atomic mass is 16.5. The number of hydrogen-bond donors (Lipinski definition) is 1. The minimum Gasteiger partial charge on any atom is -0.382 e. The topological polar surface area (TPSA) is 47.3 Å². The lowest BCUT2D eigenvalue weighted by Crippen LogP contribution is -2.21. The highest BCUT2D eigenvalue weighted by Crippen LogP contribution is 2.20. The minimum atomic E-state index is 0.285. The van der Waals surface area contributed by atoms with Gasteiger partial charge in [-0.05, 0) is 40.7 Å². The molecule has 0 aliphatic heterocycles. The van der Waals surface area contributed by atoms with Gasteiger partial charge < -0.3 is 14.6 Å². The summed E-state index contributed by atoms with van der Waals surface area (Å²) in [6.45, 7) is 10.6. The van der Waals surface area contributed by atoms with E-state index in [4.69, 9.17) is 9.26 Å². The lowest BCUT2D eigenvalue weighted by molar-refractivity contribution is 0.144. The van der Waals surface area contributed by atoms with Crippen LogP contribution in [0.1, 0.15) is 43.3 Å². The van der Waals surface area contributed by atoms with E-state index < -0.39 is 0 Å². The molecule has 0 fully saturated rings. The maximum absolute atomic E-state index is 5.28. The lowest BCUT2D eigenvalue weighted by Gasteiger charge is -2.13. The van der Waals surface area contributed by atoms with Gasteiger partial charge in [0.2, 0.25) is 0 Å². The molecule has 1 aromatic rings. The number of aromatic nitrogens is 1. The number of ether oxygens (including phenoxy) is 1. The zero-order chi connectivity index (χ0) is 12.0. The molecule has 1 N–H and O–H groups in total. The molecular weight excluding hydrogens is 204 g/mol. The zero-order valence-corrected chi connectivity index (χ0v) is 10.7. The van der Waals surface area contributed by atoms with Crippen molar-refractivity contribution in [3.8, 4) is 0 Å². The van der Waals surface area contributed by atoms with E-state index in [1.54, 1.807) is 0 Å². The zero-order valence-electron chi connectivity index (χ0n) is 10.7. The van der Waals surface area contributed by atoms with Gasteiger partial charge in [0.05, 0.1) is 5.69 Å². The molecule has 0 saturated heterocycles. The first-order valence-electron chi connectivity index (χ1n) is 5.90. The fourth-order valence-corrected chi connectivity index (χ4v) is 1.85. The Balaban J connectivity index is 2.32. The Morgan fingerprint density at radius 1 is 1.44 bits per heavy atom. The first-order chi connectivity index (χ1) is 7.66. The van der Waals surface area contributed by atoms with Crippen molar-refractivity contribution >= 4 is 0 Å². The monoisotopic (exact) mass is 226 g/mol. The van der Waals surface area contributed by atoms with Crippen molar-refractivity contribution in [3.05, 3.63) is 17.0 Å². The number of nitrogens with zero attached hydrogens (tertiary/aromatic N) is 1. The van der Waals surface area contributed by atoms with Crippen molar-refractivity contribution in [1.82, 2.24) is 10.5 Å². The largest absolute Gasteiger partial charge is 0.382 e. The van der Waals surface area contributed by atoms with Gasteiger partial charge in [-0.2, -0.15) is 0 Å². The van der Waals surface area contributed by atoms with Crippen LogP contribution in [0.5, 0.6) is 0 Å². The molecule has 0 amide bonds. The van der Waals surface area contributed by atoms with Crippen LogP contribution in [-0.2, 0) is 4.74 Å². The average molecular weight is 226 g/mol. The van der Waals surface area contributed by atoms with Gasteiger partial charge in [-0.1, -0.05) is 5.16 Å². The second-order valence-electron chi connectivity index (χ2n) is 3.96. The molecular formula is C12H22N2O2. The SMILES string of the molecule is CCOCCCNC(C)c1c(C)noc1C. The third kappa shape index (κ3) is 3.61. The van der Waals surface area contributed by atoms with Crippen LogP contribution in [0.2, 0.25) is 0 Å². The molecule has 1 atom stereocenters. The van der Waals surface area contributed by atoms with Gasteiger partial charge in [-0.15, -0.1) is 0 Å². The van der Waals surface area contributed by atoms with E-state index >= 15 is 0 Å². The summed E-state index contributed by atoms with van der Waals surface area (Å²) >= 11 is 0. The van der Waals surface area contributed by atoms with Gasteiger partial charge in [0.1, 0.15) is 5.76 Å². The van der Waals surface area contributed by atoms with Crippen LogP contribution in [0.4, 0.5) is 0 Å². The van der Waals surface area contributed by atoms with Gasteiger partial charge in [-0.25, -0.2) is 0 Å². The van der Waals surface area contributed by atoms with E-state index in [0.29, 0.717) is 0 Å². The van der Waals surface area contributed by atoms with Gasteiger partial charge in [0.15, 0.2) is 0 Å². The van der Waals surface area contributed by atoms with E-state index in [1.807, 2.05) is 20.8 Å². The van der Waals surface area contributed by atoms with Gasteiger partial charge in [-0.3, -0.25) is 0 Å². The number of rotatable bonds is 7. The smallest absolute Gasteiger partial charge is 0.138 e.